The van der Waals surface area contributed by atoms with Crippen molar-refractivity contribution in [2.24, 2.45) is 5.92 Å². The molecular formula is C17H23FN2O3. The van der Waals surface area contributed by atoms with Crippen LogP contribution in [0.3, 0.4) is 0 Å². The summed E-state index contributed by atoms with van der Waals surface area (Å²) in [7, 11) is 0. The molecule has 5 nitrogen and oxygen atoms in total. The molecule has 1 saturated heterocycles. The summed E-state index contributed by atoms with van der Waals surface area (Å²) in [6.45, 7) is 4.91. The minimum absolute atomic E-state index is 0.0552. The lowest BCUT2D eigenvalue weighted by Crippen LogP contribution is -2.50. The zero-order valence-corrected chi connectivity index (χ0v) is 13.5. The number of ether oxygens (including phenoxy) is 1. The molecule has 6 heteroatoms. The number of hydrogen-bond acceptors (Lipinski definition) is 3. The molecule has 1 aromatic carbocycles. The topological polar surface area (TPSA) is 67.4 Å². The Morgan fingerprint density at radius 1 is 1.30 bits per heavy atom. The normalized spacial score (nSPS) is 18.7. The molecule has 0 unspecified atom stereocenters. The van der Waals surface area contributed by atoms with Gasteiger partial charge in [-0.05, 0) is 43.0 Å². The van der Waals surface area contributed by atoms with Gasteiger partial charge in [-0.2, -0.15) is 0 Å². The van der Waals surface area contributed by atoms with Crippen LogP contribution in [-0.2, 0) is 9.53 Å². The van der Waals surface area contributed by atoms with Crippen LogP contribution >= 0.6 is 0 Å². The highest BCUT2D eigenvalue weighted by Gasteiger charge is 2.26. The van der Waals surface area contributed by atoms with E-state index in [0.29, 0.717) is 12.1 Å². The Labute approximate surface area is 135 Å². The van der Waals surface area contributed by atoms with Crippen LogP contribution in [-0.4, -0.2) is 37.1 Å². The van der Waals surface area contributed by atoms with E-state index in [1.165, 1.54) is 24.3 Å². The summed E-state index contributed by atoms with van der Waals surface area (Å²) in [5, 5.41) is 5.55. The van der Waals surface area contributed by atoms with Crippen LogP contribution < -0.4 is 10.6 Å². The number of benzene rings is 1. The molecule has 23 heavy (non-hydrogen) atoms. The second-order valence-electron chi connectivity index (χ2n) is 6.08. The Hall–Kier alpha value is -1.95. The van der Waals surface area contributed by atoms with Crippen molar-refractivity contribution < 1.29 is 18.7 Å². The largest absolute Gasteiger partial charge is 0.376 e. The fraction of sp³-hybridized carbons (Fsp3) is 0.529. The number of hydrogen-bond donors (Lipinski definition) is 2. The summed E-state index contributed by atoms with van der Waals surface area (Å²) in [6, 6.07) is 4.58. The van der Waals surface area contributed by atoms with Gasteiger partial charge in [0, 0.05) is 18.7 Å². The van der Waals surface area contributed by atoms with Gasteiger partial charge >= 0.3 is 0 Å². The molecule has 2 atom stereocenters. The standard InChI is InChI=1S/C17H23FN2O3/c1-11(2)15(17(22)19-10-14-4-3-9-23-14)20-16(21)12-5-7-13(18)8-6-12/h5-8,11,14-15H,3-4,9-10H2,1-2H3,(H,19,22)(H,20,21)/t14-,15-/m0/s1. The van der Waals surface area contributed by atoms with Gasteiger partial charge in [-0.15, -0.1) is 0 Å². The maximum atomic E-state index is 12.9. The lowest BCUT2D eigenvalue weighted by molar-refractivity contribution is -0.124. The number of carbonyl (C=O) groups is 2. The number of rotatable bonds is 6. The van der Waals surface area contributed by atoms with E-state index in [0.717, 1.165) is 19.4 Å². The van der Waals surface area contributed by atoms with Crippen LogP contribution in [0.25, 0.3) is 0 Å². The summed E-state index contributed by atoms with van der Waals surface area (Å²) in [5.74, 6) is -1.10. The summed E-state index contributed by atoms with van der Waals surface area (Å²) >= 11 is 0. The van der Waals surface area contributed by atoms with Crippen molar-refractivity contribution in [2.75, 3.05) is 13.2 Å². The molecule has 0 bridgehead atoms. The van der Waals surface area contributed by atoms with Crippen molar-refractivity contribution >= 4 is 11.8 Å². The average Bonchev–Trinajstić information content (AvgIpc) is 3.03. The molecule has 2 amide bonds. The predicted octanol–water partition coefficient (Wildman–Crippen LogP) is 1.88. The molecule has 126 valence electrons. The Balaban J connectivity index is 1.92. The van der Waals surface area contributed by atoms with Crippen LogP contribution in [0.1, 0.15) is 37.0 Å². The zero-order valence-electron chi connectivity index (χ0n) is 13.5. The number of carbonyl (C=O) groups excluding carboxylic acids is 2. The third-order valence-corrected chi connectivity index (χ3v) is 3.87. The number of halogens is 1. The molecule has 0 aromatic heterocycles. The monoisotopic (exact) mass is 322 g/mol. The first-order chi connectivity index (χ1) is 11.0. The lowest BCUT2D eigenvalue weighted by atomic mass is 10.0. The highest BCUT2D eigenvalue weighted by molar-refractivity contribution is 5.97. The molecule has 1 heterocycles. The van der Waals surface area contributed by atoms with Gasteiger partial charge in [0.1, 0.15) is 11.9 Å². The van der Waals surface area contributed by atoms with Crippen LogP contribution in [0, 0.1) is 11.7 Å². The van der Waals surface area contributed by atoms with Gasteiger partial charge in [0.05, 0.1) is 6.10 Å². The summed E-state index contributed by atoms with van der Waals surface area (Å²) in [6.07, 6.45) is 2.00. The Morgan fingerprint density at radius 2 is 2.00 bits per heavy atom. The van der Waals surface area contributed by atoms with Gasteiger partial charge in [-0.1, -0.05) is 13.8 Å². The second kappa shape index (κ2) is 8.06. The molecule has 2 N–H and O–H groups in total. The average molecular weight is 322 g/mol. The zero-order chi connectivity index (χ0) is 16.8. The van der Waals surface area contributed by atoms with Crippen LogP contribution in [0.2, 0.25) is 0 Å². The van der Waals surface area contributed by atoms with Crippen molar-refractivity contribution in [3.8, 4) is 0 Å². The van der Waals surface area contributed by atoms with Gasteiger partial charge in [0.2, 0.25) is 5.91 Å². The van der Waals surface area contributed by atoms with E-state index in [9.17, 15) is 14.0 Å². The number of nitrogens with one attached hydrogen (secondary N) is 2. The van der Waals surface area contributed by atoms with E-state index in [2.05, 4.69) is 10.6 Å². The maximum Gasteiger partial charge on any atom is 0.251 e. The first kappa shape index (κ1) is 17.4. The SMILES string of the molecule is CC(C)[C@H](NC(=O)c1ccc(F)cc1)C(=O)NC[C@@H]1CCCO1. The van der Waals surface area contributed by atoms with Crippen molar-refractivity contribution in [1.29, 1.82) is 0 Å². The van der Waals surface area contributed by atoms with Gasteiger partial charge in [0.15, 0.2) is 0 Å². The molecule has 1 aliphatic heterocycles. The molecule has 0 aliphatic carbocycles. The van der Waals surface area contributed by atoms with Crippen molar-refractivity contribution in [3.05, 3.63) is 35.6 Å². The van der Waals surface area contributed by atoms with Gasteiger partial charge in [0.25, 0.3) is 5.91 Å². The van der Waals surface area contributed by atoms with Gasteiger partial charge in [-0.25, -0.2) is 4.39 Å². The van der Waals surface area contributed by atoms with Crippen LogP contribution in [0.15, 0.2) is 24.3 Å². The summed E-state index contributed by atoms with van der Waals surface area (Å²) in [4.78, 5) is 24.5. The third kappa shape index (κ3) is 5.03. The van der Waals surface area contributed by atoms with Crippen molar-refractivity contribution in [3.63, 3.8) is 0 Å². The van der Waals surface area contributed by atoms with Crippen LogP contribution in [0.5, 0.6) is 0 Å². The van der Waals surface area contributed by atoms with E-state index in [1.54, 1.807) is 0 Å². The highest BCUT2D eigenvalue weighted by Crippen LogP contribution is 2.11. The molecule has 1 aliphatic rings. The smallest absolute Gasteiger partial charge is 0.251 e. The Kier molecular flexibility index (Phi) is 6.10. The van der Waals surface area contributed by atoms with Gasteiger partial charge in [-0.3, -0.25) is 9.59 Å². The predicted molar refractivity (Wildman–Crippen MR) is 84.5 cm³/mol. The minimum Gasteiger partial charge on any atom is -0.376 e. The molecule has 1 aromatic rings. The Bertz CT molecular complexity index is 539. The lowest BCUT2D eigenvalue weighted by Gasteiger charge is -2.22. The molecular weight excluding hydrogens is 299 g/mol. The molecule has 1 fully saturated rings. The summed E-state index contributed by atoms with van der Waals surface area (Å²) < 4.78 is 18.4. The molecule has 0 saturated carbocycles. The quantitative estimate of drug-likeness (QED) is 0.840. The fourth-order valence-corrected chi connectivity index (χ4v) is 2.49. The Morgan fingerprint density at radius 3 is 2.57 bits per heavy atom. The molecule has 0 spiro atoms. The van der Waals surface area contributed by atoms with Crippen LogP contribution in [0.4, 0.5) is 4.39 Å². The molecule has 0 radical (unpaired) electrons. The first-order valence-corrected chi connectivity index (χ1v) is 7.93. The van der Waals surface area contributed by atoms with E-state index >= 15 is 0 Å². The first-order valence-electron chi connectivity index (χ1n) is 7.93. The van der Waals surface area contributed by atoms with E-state index < -0.39 is 17.8 Å². The van der Waals surface area contributed by atoms with Crippen molar-refractivity contribution in [2.45, 2.75) is 38.8 Å². The van der Waals surface area contributed by atoms with Gasteiger partial charge < -0.3 is 15.4 Å². The minimum atomic E-state index is -0.644. The highest BCUT2D eigenvalue weighted by atomic mass is 19.1. The fourth-order valence-electron chi connectivity index (χ4n) is 2.49. The molecule has 2 rings (SSSR count). The van der Waals surface area contributed by atoms with E-state index in [1.807, 2.05) is 13.8 Å². The number of amides is 2. The summed E-state index contributed by atoms with van der Waals surface area (Å²) in [5.41, 5.74) is 0.323. The third-order valence-electron chi connectivity index (χ3n) is 3.87. The van der Waals surface area contributed by atoms with Crippen molar-refractivity contribution in [1.82, 2.24) is 10.6 Å². The van der Waals surface area contributed by atoms with E-state index in [4.69, 9.17) is 4.74 Å². The maximum absolute atomic E-state index is 12.9. The second-order valence-corrected chi connectivity index (χ2v) is 6.08. The van der Waals surface area contributed by atoms with E-state index in [-0.39, 0.29) is 17.9 Å².